The SMILES string of the molecule is CCCCCCCCCCCCCCOc1c(OC)cccc1C(=O)Nc1ccccc1C[n+]1ccsc1.[Br-]. The van der Waals surface area contributed by atoms with Gasteiger partial charge in [0, 0.05) is 5.56 Å². The number of amides is 1. The van der Waals surface area contributed by atoms with Crippen molar-refractivity contribution in [3.8, 4) is 11.5 Å². The quantitative estimate of drug-likeness (QED) is 0.144. The molecule has 0 spiro atoms. The van der Waals surface area contributed by atoms with E-state index < -0.39 is 0 Å². The number of nitrogens with one attached hydrogen (secondary N) is 1. The number of benzene rings is 2. The van der Waals surface area contributed by atoms with E-state index in [-0.39, 0.29) is 22.9 Å². The zero-order valence-electron chi connectivity index (χ0n) is 23.6. The topological polar surface area (TPSA) is 51.4 Å². The zero-order valence-corrected chi connectivity index (χ0v) is 26.0. The van der Waals surface area contributed by atoms with Crippen LogP contribution in [0.1, 0.15) is 99.9 Å². The van der Waals surface area contributed by atoms with Gasteiger partial charge in [0.1, 0.15) is 0 Å². The summed E-state index contributed by atoms with van der Waals surface area (Å²) in [6, 6.07) is 13.4. The van der Waals surface area contributed by atoms with Crippen molar-refractivity contribution in [2.45, 2.75) is 90.5 Å². The summed E-state index contributed by atoms with van der Waals surface area (Å²) in [7, 11) is 1.61. The molecule has 39 heavy (non-hydrogen) atoms. The smallest absolute Gasteiger partial charge is 0.259 e. The first kappa shape index (κ1) is 32.8. The molecule has 0 bridgehead atoms. The average Bonchev–Trinajstić information content (AvgIpc) is 3.45. The predicted molar refractivity (Wildman–Crippen MR) is 158 cm³/mol. The van der Waals surface area contributed by atoms with Gasteiger partial charge in [0.2, 0.25) is 5.51 Å². The van der Waals surface area contributed by atoms with Crippen molar-refractivity contribution in [3.63, 3.8) is 0 Å². The summed E-state index contributed by atoms with van der Waals surface area (Å²) < 4.78 is 13.8. The monoisotopic (exact) mass is 616 g/mol. The summed E-state index contributed by atoms with van der Waals surface area (Å²) in [5.74, 6) is 0.898. The molecule has 0 aliphatic carbocycles. The number of hydrogen-bond donors (Lipinski definition) is 1. The molecule has 5 nitrogen and oxygen atoms in total. The fourth-order valence-corrected chi connectivity index (χ4v) is 5.24. The molecule has 0 unspecified atom stereocenters. The van der Waals surface area contributed by atoms with Crippen LogP contribution < -0.4 is 36.3 Å². The molecule has 0 saturated carbocycles. The molecule has 0 radical (unpaired) electrons. The van der Waals surface area contributed by atoms with E-state index in [9.17, 15) is 4.79 Å². The molecule has 0 atom stereocenters. The number of para-hydroxylation sites is 2. The van der Waals surface area contributed by atoms with E-state index in [1.807, 2.05) is 48.0 Å². The third kappa shape index (κ3) is 11.7. The van der Waals surface area contributed by atoms with Crippen LogP contribution in [0.4, 0.5) is 5.69 Å². The lowest BCUT2D eigenvalue weighted by Gasteiger charge is -2.16. The van der Waals surface area contributed by atoms with Crippen molar-refractivity contribution in [2.75, 3.05) is 19.0 Å². The highest BCUT2D eigenvalue weighted by atomic mass is 79.9. The van der Waals surface area contributed by atoms with Crippen molar-refractivity contribution < 1.29 is 35.8 Å². The Morgan fingerprint density at radius 1 is 0.872 bits per heavy atom. The molecule has 7 heteroatoms. The average molecular weight is 618 g/mol. The van der Waals surface area contributed by atoms with Crippen LogP contribution in [-0.4, -0.2) is 19.6 Å². The number of methoxy groups -OCH3 is 1. The van der Waals surface area contributed by atoms with Gasteiger partial charge in [-0.1, -0.05) is 113 Å². The number of nitrogens with zero attached hydrogens (tertiary/aromatic N) is 1. The molecular formula is C32H45BrN2O3S. The second-order valence-corrected chi connectivity index (χ2v) is 10.6. The lowest BCUT2D eigenvalue weighted by molar-refractivity contribution is -0.683. The number of carbonyl (C=O) groups excluding carboxylic acids is 1. The molecule has 0 aliphatic rings. The second-order valence-electron chi connectivity index (χ2n) is 9.88. The van der Waals surface area contributed by atoms with E-state index in [1.54, 1.807) is 24.5 Å². The molecule has 3 rings (SSSR count). The number of ether oxygens (including phenoxy) is 2. The summed E-state index contributed by atoms with van der Waals surface area (Å²) in [5.41, 5.74) is 4.39. The molecule has 0 saturated heterocycles. The summed E-state index contributed by atoms with van der Waals surface area (Å²) >= 11 is 1.65. The fraction of sp³-hybridized carbons (Fsp3) is 0.500. The summed E-state index contributed by atoms with van der Waals surface area (Å²) in [5, 5.41) is 5.13. The second kappa shape index (κ2) is 19.6. The molecule has 0 aliphatic heterocycles. The first-order chi connectivity index (χ1) is 18.7. The van der Waals surface area contributed by atoms with Crippen LogP contribution in [0.5, 0.6) is 11.5 Å². The summed E-state index contributed by atoms with van der Waals surface area (Å²) in [4.78, 5) is 13.3. The third-order valence-electron chi connectivity index (χ3n) is 6.83. The molecule has 0 fully saturated rings. The van der Waals surface area contributed by atoms with Crippen LogP contribution >= 0.6 is 11.3 Å². The van der Waals surface area contributed by atoms with Gasteiger partial charge in [-0.15, -0.1) is 0 Å². The fourth-order valence-electron chi connectivity index (χ4n) is 4.64. The lowest BCUT2D eigenvalue weighted by atomic mass is 10.1. The number of anilines is 1. The number of unbranched alkanes of at least 4 members (excludes halogenated alkanes) is 11. The number of thiazole rings is 1. The Morgan fingerprint density at radius 2 is 1.54 bits per heavy atom. The molecular weight excluding hydrogens is 572 g/mol. The van der Waals surface area contributed by atoms with Crippen molar-refractivity contribution >= 4 is 22.9 Å². The molecule has 214 valence electrons. The van der Waals surface area contributed by atoms with E-state index in [1.165, 1.54) is 64.2 Å². The highest BCUT2D eigenvalue weighted by Gasteiger charge is 2.19. The Hall–Kier alpha value is -2.38. The normalized spacial score (nSPS) is 10.6. The van der Waals surface area contributed by atoms with E-state index >= 15 is 0 Å². The van der Waals surface area contributed by atoms with Gasteiger partial charge in [0.05, 0.1) is 30.3 Å². The van der Waals surface area contributed by atoms with Gasteiger partial charge in [0.25, 0.3) is 5.91 Å². The zero-order chi connectivity index (χ0) is 26.8. The first-order valence-electron chi connectivity index (χ1n) is 14.3. The Labute approximate surface area is 249 Å². The number of carbonyl (C=O) groups is 1. The van der Waals surface area contributed by atoms with Crippen molar-refractivity contribution in [2.24, 2.45) is 0 Å². The maximum absolute atomic E-state index is 13.3. The van der Waals surface area contributed by atoms with Crippen molar-refractivity contribution in [1.82, 2.24) is 0 Å². The third-order valence-corrected chi connectivity index (χ3v) is 7.50. The number of hydrogen-bond acceptors (Lipinski definition) is 4. The standard InChI is InChI=1S/C32H44N2O3S.BrH/c1-3-4-5-6-7-8-9-10-11-12-13-16-23-37-31-28(19-17-21-30(31)36-2)32(35)33-29-20-15-14-18-27(29)25-34-22-24-38-26-34;/h14-15,17-22,24,26H,3-13,16,23,25H2,1-2H3;1H. The van der Waals surface area contributed by atoms with Crippen LogP contribution in [0.2, 0.25) is 0 Å². The van der Waals surface area contributed by atoms with Gasteiger partial charge in [-0.3, -0.25) is 4.79 Å². The van der Waals surface area contributed by atoms with E-state index in [2.05, 4.69) is 22.3 Å². The minimum Gasteiger partial charge on any atom is -1.00 e. The maximum Gasteiger partial charge on any atom is 0.259 e. The minimum atomic E-state index is -0.198. The molecule has 1 N–H and O–H groups in total. The molecule has 3 aromatic rings. The molecule has 1 aromatic heterocycles. The number of rotatable bonds is 19. The Balaban J connectivity index is 0.00000533. The van der Waals surface area contributed by atoms with Crippen molar-refractivity contribution in [1.29, 1.82) is 0 Å². The first-order valence-corrected chi connectivity index (χ1v) is 15.3. The van der Waals surface area contributed by atoms with Gasteiger partial charge in [0.15, 0.2) is 24.2 Å². The largest absolute Gasteiger partial charge is 1.00 e. The minimum absolute atomic E-state index is 0. The highest BCUT2D eigenvalue weighted by molar-refractivity contribution is 7.07. The highest BCUT2D eigenvalue weighted by Crippen LogP contribution is 2.32. The van der Waals surface area contributed by atoms with Gasteiger partial charge in [-0.05, 0) is 24.6 Å². The van der Waals surface area contributed by atoms with Crippen molar-refractivity contribution in [3.05, 3.63) is 70.7 Å². The number of aromatic nitrogens is 1. The Bertz CT molecular complexity index is 1080. The van der Waals surface area contributed by atoms with Crippen LogP contribution in [0, 0.1) is 0 Å². The van der Waals surface area contributed by atoms with Gasteiger partial charge in [-0.25, -0.2) is 0 Å². The Morgan fingerprint density at radius 3 is 2.18 bits per heavy atom. The van der Waals surface area contributed by atoms with Gasteiger partial charge >= 0.3 is 0 Å². The van der Waals surface area contributed by atoms with E-state index in [4.69, 9.17) is 9.47 Å². The molecule has 1 heterocycles. The predicted octanol–water partition coefficient (Wildman–Crippen LogP) is 5.43. The van der Waals surface area contributed by atoms with Crippen LogP contribution in [0.3, 0.4) is 0 Å². The van der Waals surface area contributed by atoms with Crippen LogP contribution in [0.15, 0.2) is 59.6 Å². The molecule has 1 amide bonds. The summed E-state index contributed by atoms with van der Waals surface area (Å²) in [6.07, 6.45) is 17.6. The van der Waals surface area contributed by atoms with Crippen LogP contribution in [0.25, 0.3) is 0 Å². The van der Waals surface area contributed by atoms with Gasteiger partial charge < -0.3 is 31.8 Å². The van der Waals surface area contributed by atoms with E-state index in [0.29, 0.717) is 30.2 Å². The van der Waals surface area contributed by atoms with Gasteiger partial charge in [-0.2, -0.15) is 4.57 Å². The maximum atomic E-state index is 13.3. The Kier molecular flexibility index (Phi) is 16.5. The van der Waals surface area contributed by atoms with Crippen LogP contribution in [-0.2, 0) is 6.54 Å². The lowest BCUT2D eigenvalue weighted by Crippen LogP contribution is -3.00. The number of halogens is 1. The summed E-state index contributed by atoms with van der Waals surface area (Å²) in [6.45, 7) is 3.54. The van der Waals surface area contributed by atoms with E-state index in [0.717, 1.165) is 24.1 Å². The molecule has 2 aromatic carbocycles.